The third-order valence-corrected chi connectivity index (χ3v) is 5.03. The lowest BCUT2D eigenvalue weighted by Crippen LogP contribution is -2.25. The zero-order chi connectivity index (χ0) is 17.3. The monoisotopic (exact) mass is 343 g/mol. The van der Waals surface area contributed by atoms with Crippen LogP contribution in [0.2, 0.25) is 0 Å². The normalized spacial score (nSPS) is 15.1. The summed E-state index contributed by atoms with van der Waals surface area (Å²) >= 11 is 0. The Morgan fingerprint density at radius 2 is 1.54 bits per heavy atom. The van der Waals surface area contributed by atoms with Crippen LogP contribution in [0.4, 0.5) is 0 Å². The van der Waals surface area contributed by atoms with Gasteiger partial charge in [-0.05, 0) is 18.2 Å². The first kappa shape index (κ1) is 16.1. The molecule has 1 atom stereocenters. The van der Waals surface area contributed by atoms with E-state index in [2.05, 4.69) is 4.98 Å². The average molecular weight is 343 g/mol. The van der Waals surface area contributed by atoms with Crippen LogP contribution in [0.3, 0.4) is 0 Å². The van der Waals surface area contributed by atoms with Gasteiger partial charge in [0.1, 0.15) is 0 Å². The molecule has 1 aromatic heterocycles. The summed E-state index contributed by atoms with van der Waals surface area (Å²) in [6, 6.07) is 7.85. The summed E-state index contributed by atoms with van der Waals surface area (Å²) in [5.74, 6) is -1.34. The quantitative estimate of drug-likeness (QED) is 0.846. The maximum atomic E-state index is 12.8. The molecule has 0 spiro atoms. The number of ketones is 2. The van der Waals surface area contributed by atoms with E-state index in [4.69, 9.17) is 9.47 Å². The first-order chi connectivity index (χ1) is 11.6. The predicted molar refractivity (Wildman–Crippen MR) is 85.1 cm³/mol. The number of rotatable bonds is 4. The van der Waals surface area contributed by atoms with E-state index in [-0.39, 0.29) is 27.5 Å². The maximum absolute atomic E-state index is 12.8. The first-order valence-corrected chi connectivity index (χ1v) is 8.11. The lowest BCUT2D eigenvalue weighted by molar-refractivity contribution is 0.0826. The van der Waals surface area contributed by atoms with Gasteiger partial charge in [-0.15, -0.1) is 0 Å². The number of allylic oxidation sites excluding steroid dienone is 2. The van der Waals surface area contributed by atoms with Crippen molar-refractivity contribution < 1.29 is 23.3 Å². The number of pyridine rings is 1. The predicted octanol–water partition coefficient (Wildman–Crippen LogP) is 2.13. The van der Waals surface area contributed by atoms with Crippen LogP contribution in [0.1, 0.15) is 20.7 Å². The number of benzene rings is 1. The minimum Gasteiger partial charge on any atom is -0.489 e. The summed E-state index contributed by atoms with van der Waals surface area (Å²) < 4.78 is 22.9. The summed E-state index contributed by atoms with van der Waals surface area (Å²) in [4.78, 5) is 29.9. The van der Waals surface area contributed by atoms with Gasteiger partial charge in [0.25, 0.3) is 0 Å². The summed E-state index contributed by atoms with van der Waals surface area (Å²) in [6.07, 6.45) is 3.03. The van der Waals surface area contributed by atoms with Gasteiger partial charge in [0.05, 0.1) is 35.5 Å². The Bertz CT molecular complexity index is 889. The molecule has 0 fully saturated rings. The number of methoxy groups -OCH3 is 2. The van der Waals surface area contributed by atoms with Crippen molar-refractivity contribution in [2.75, 3.05) is 14.2 Å². The molecule has 0 saturated carbocycles. The molecule has 1 heterocycles. The molecule has 2 aromatic rings. The molecule has 0 aliphatic heterocycles. The smallest absolute Gasteiger partial charge is 0.233 e. The van der Waals surface area contributed by atoms with Gasteiger partial charge in [-0.3, -0.25) is 14.6 Å². The van der Waals surface area contributed by atoms with Crippen LogP contribution < -0.4 is 0 Å². The molecule has 3 rings (SSSR count). The molecule has 0 radical (unpaired) electrons. The highest BCUT2D eigenvalue weighted by molar-refractivity contribution is 7.85. The standard InChI is InChI=1S/C17H13NO5S/c1-22-16-14(19)11-4-3-5-12(13(11)15(20)17(16)23-2)24(21)10-6-8-18-9-7-10/h3-9H,1-2H3. The van der Waals surface area contributed by atoms with Crippen molar-refractivity contribution in [2.24, 2.45) is 0 Å². The van der Waals surface area contributed by atoms with Crippen LogP contribution in [0, 0.1) is 0 Å². The van der Waals surface area contributed by atoms with Crippen molar-refractivity contribution in [3.05, 3.63) is 65.4 Å². The largest absolute Gasteiger partial charge is 0.489 e. The van der Waals surface area contributed by atoms with Gasteiger partial charge >= 0.3 is 0 Å². The number of nitrogens with zero attached hydrogens (tertiary/aromatic N) is 1. The lowest BCUT2D eigenvalue weighted by Gasteiger charge is -2.20. The summed E-state index contributed by atoms with van der Waals surface area (Å²) in [7, 11) is 0.946. The zero-order valence-electron chi connectivity index (χ0n) is 12.9. The molecular weight excluding hydrogens is 330 g/mol. The van der Waals surface area contributed by atoms with Crippen LogP contribution in [-0.2, 0) is 20.3 Å². The van der Waals surface area contributed by atoms with E-state index in [9.17, 15) is 13.8 Å². The third kappa shape index (κ3) is 2.43. The van der Waals surface area contributed by atoms with E-state index >= 15 is 0 Å². The average Bonchev–Trinajstić information content (AvgIpc) is 2.63. The number of hydrogen-bond donors (Lipinski definition) is 0. The van der Waals surface area contributed by atoms with E-state index < -0.39 is 22.4 Å². The molecule has 24 heavy (non-hydrogen) atoms. The van der Waals surface area contributed by atoms with Crippen LogP contribution >= 0.6 is 0 Å². The maximum Gasteiger partial charge on any atom is 0.233 e. The topological polar surface area (TPSA) is 82.6 Å². The Hall–Kier alpha value is -2.80. The molecule has 0 N–H and O–H groups in total. The van der Waals surface area contributed by atoms with Crippen molar-refractivity contribution in [3.63, 3.8) is 0 Å². The first-order valence-electron chi connectivity index (χ1n) is 6.96. The molecule has 6 nitrogen and oxygen atoms in total. The van der Waals surface area contributed by atoms with Gasteiger partial charge in [-0.2, -0.15) is 0 Å². The molecule has 122 valence electrons. The van der Waals surface area contributed by atoms with E-state index in [0.717, 1.165) is 0 Å². The van der Waals surface area contributed by atoms with Crippen molar-refractivity contribution in [3.8, 4) is 0 Å². The van der Waals surface area contributed by atoms with Gasteiger partial charge in [0, 0.05) is 22.9 Å². The second kappa shape index (κ2) is 6.37. The fourth-order valence-corrected chi connectivity index (χ4v) is 3.72. The third-order valence-electron chi connectivity index (χ3n) is 3.59. The number of hydrogen-bond acceptors (Lipinski definition) is 6. The van der Waals surface area contributed by atoms with E-state index in [1.807, 2.05) is 0 Å². The molecular formula is C17H13NO5S. The fourth-order valence-electron chi connectivity index (χ4n) is 2.51. The molecule has 7 heteroatoms. The van der Waals surface area contributed by atoms with Crippen molar-refractivity contribution in [1.29, 1.82) is 0 Å². The SMILES string of the molecule is COC1=C(OC)C(=O)c2c(cccc2S(=O)c2ccncc2)C1=O. The highest BCUT2D eigenvalue weighted by Crippen LogP contribution is 2.32. The summed E-state index contributed by atoms with van der Waals surface area (Å²) in [5.41, 5.74) is 0.229. The Kier molecular flexibility index (Phi) is 4.26. The van der Waals surface area contributed by atoms with Gasteiger partial charge < -0.3 is 9.47 Å². The van der Waals surface area contributed by atoms with Gasteiger partial charge in [-0.25, -0.2) is 4.21 Å². The van der Waals surface area contributed by atoms with Gasteiger partial charge in [0.2, 0.25) is 23.1 Å². The fraction of sp³-hybridized carbons (Fsp3) is 0.118. The molecule has 1 aliphatic carbocycles. The molecule has 1 unspecified atom stereocenters. The molecule has 1 aromatic carbocycles. The van der Waals surface area contributed by atoms with Crippen molar-refractivity contribution >= 4 is 22.4 Å². The highest BCUT2D eigenvalue weighted by atomic mass is 32.2. The summed E-state index contributed by atoms with van der Waals surface area (Å²) in [5, 5.41) is 0. The van der Waals surface area contributed by atoms with Crippen LogP contribution in [-0.4, -0.2) is 35.0 Å². The highest BCUT2D eigenvalue weighted by Gasteiger charge is 2.37. The van der Waals surface area contributed by atoms with Crippen molar-refractivity contribution in [1.82, 2.24) is 4.98 Å². The molecule has 0 amide bonds. The Morgan fingerprint density at radius 3 is 2.17 bits per heavy atom. The van der Waals surface area contributed by atoms with Crippen LogP contribution in [0.25, 0.3) is 0 Å². The number of aromatic nitrogens is 1. The number of ether oxygens (including phenoxy) is 2. The number of carbonyl (C=O) groups is 2. The minimum atomic E-state index is -1.63. The van der Waals surface area contributed by atoms with Crippen molar-refractivity contribution in [2.45, 2.75) is 9.79 Å². The van der Waals surface area contributed by atoms with Crippen LogP contribution in [0.15, 0.2) is 64.0 Å². The number of fused-ring (bicyclic) bond motifs is 1. The Labute approximate surface area is 140 Å². The summed E-state index contributed by atoms with van der Waals surface area (Å²) in [6.45, 7) is 0. The van der Waals surface area contributed by atoms with Crippen LogP contribution in [0.5, 0.6) is 0 Å². The molecule has 1 aliphatic rings. The van der Waals surface area contributed by atoms with E-state index in [1.54, 1.807) is 24.3 Å². The number of carbonyl (C=O) groups excluding carboxylic acids is 2. The van der Waals surface area contributed by atoms with E-state index in [0.29, 0.717) is 4.90 Å². The lowest BCUT2D eigenvalue weighted by atomic mass is 9.92. The molecule has 0 saturated heterocycles. The van der Waals surface area contributed by atoms with Gasteiger partial charge in [-0.1, -0.05) is 12.1 Å². The molecule has 0 bridgehead atoms. The Morgan fingerprint density at radius 1 is 0.917 bits per heavy atom. The second-order valence-electron chi connectivity index (χ2n) is 4.86. The zero-order valence-corrected chi connectivity index (χ0v) is 13.8. The van der Waals surface area contributed by atoms with E-state index in [1.165, 1.54) is 32.7 Å². The second-order valence-corrected chi connectivity index (χ2v) is 6.30. The van der Waals surface area contributed by atoms with Gasteiger partial charge in [0.15, 0.2) is 0 Å². The number of Topliss-reactive ketones (excluding diaryl/α,β-unsaturated/α-hetero) is 2. The Balaban J connectivity index is 2.21. The minimum absolute atomic E-state index is 0.0790.